The van der Waals surface area contributed by atoms with Crippen molar-refractivity contribution in [2.24, 2.45) is 0 Å². The average molecular weight is 366 g/mol. The van der Waals surface area contributed by atoms with Crippen LogP contribution in [0.4, 0.5) is 0 Å². The number of nitrogens with zero attached hydrogens (tertiary/aromatic N) is 1. The molecule has 2 aromatic heterocycles. The number of thiazole rings is 1. The van der Waals surface area contributed by atoms with Crippen molar-refractivity contribution < 1.29 is 23.8 Å². The molecule has 136 valence electrons. The highest BCUT2D eigenvalue weighted by molar-refractivity contribution is 7.15. The Balaban J connectivity index is 2.04. The molecule has 0 fully saturated rings. The number of carboxylic acid groups (broad SMARTS) is 1. The Morgan fingerprint density at radius 1 is 1.44 bits per heavy atom. The van der Waals surface area contributed by atoms with Gasteiger partial charge in [0.2, 0.25) is 0 Å². The lowest BCUT2D eigenvalue weighted by atomic mass is 10.1. The van der Waals surface area contributed by atoms with Crippen molar-refractivity contribution in [3.05, 3.63) is 29.0 Å². The zero-order chi connectivity index (χ0) is 18.6. The number of nitrogens with one attached hydrogen (secondary N) is 1. The Kier molecular flexibility index (Phi) is 5.97. The van der Waals surface area contributed by atoms with E-state index in [1.807, 2.05) is 20.8 Å². The summed E-state index contributed by atoms with van der Waals surface area (Å²) in [6.45, 7) is 7.65. The van der Waals surface area contributed by atoms with Crippen molar-refractivity contribution in [3.63, 3.8) is 0 Å². The molecular weight excluding hydrogens is 344 g/mol. The molecule has 0 saturated heterocycles. The van der Waals surface area contributed by atoms with Crippen molar-refractivity contribution in [2.75, 3.05) is 6.61 Å². The summed E-state index contributed by atoms with van der Waals surface area (Å²) in [6, 6.07) is 2.45. The van der Waals surface area contributed by atoms with Crippen LogP contribution in [0.25, 0.3) is 10.8 Å². The average Bonchev–Trinajstić information content (AvgIpc) is 3.13. The van der Waals surface area contributed by atoms with Crippen LogP contribution in [0.1, 0.15) is 42.6 Å². The van der Waals surface area contributed by atoms with Gasteiger partial charge < -0.3 is 19.6 Å². The SMILES string of the molecule is Cc1sc(-c2ccco2)nc1C(=O)NC(CCOC(C)(C)C)C(=O)O. The molecule has 0 aliphatic carbocycles. The van der Waals surface area contributed by atoms with Crippen LogP contribution in [0.2, 0.25) is 0 Å². The quantitative estimate of drug-likeness (QED) is 0.781. The number of carbonyl (C=O) groups is 2. The maximum atomic E-state index is 12.4. The van der Waals surface area contributed by atoms with Gasteiger partial charge in [-0.15, -0.1) is 11.3 Å². The Hall–Kier alpha value is -2.19. The number of carbonyl (C=O) groups excluding carboxylic acids is 1. The molecule has 0 saturated carbocycles. The van der Waals surface area contributed by atoms with E-state index in [9.17, 15) is 14.7 Å². The number of ether oxygens (including phenoxy) is 1. The third kappa shape index (κ3) is 5.40. The van der Waals surface area contributed by atoms with Gasteiger partial charge in [-0.2, -0.15) is 0 Å². The van der Waals surface area contributed by atoms with Crippen molar-refractivity contribution in [2.45, 2.75) is 45.8 Å². The maximum Gasteiger partial charge on any atom is 0.326 e. The van der Waals surface area contributed by atoms with Crippen LogP contribution in [0, 0.1) is 6.92 Å². The van der Waals surface area contributed by atoms with Gasteiger partial charge in [0.15, 0.2) is 10.8 Å². The first kappa shape index (κ1) is 19.1. The number of aromatic nitrogens is 1. The van der Waals surface area contributed by atoms with E-state index in [1.165, 1.54) is 17.6 Å². The van der Waals surface area contributed by atoms with Gasteiger partial charge in [-0.05, 0) is 39.8 Å². The molecule has 1 atom stereocenters. The van der Waals surface area contributed by atoms with E-state index in [4.69, 9.17) is 9.15 Å². The highest BCUT2D eigenvalue weighted by atomic mass is 32.1. The minimum Gasteiger partial charge on any atom is -0.480 e. The van der Waals surface area contributed by atoms with Crippen molar-refractivity contribution in [1.29, 1.82) is 0 Å². The zero-order valence-electron chi connectivity index (χ0n) is 14.7. The number of amides is 1. The largest absolute Gasteiger partial charge is 0.480 e. The molecule has 1 unspecified atom stereocenters. The molecule has 2 rings (SSSR count). The summed E-state index contributed by atoms with van der Waals surface area (Å²) in [5.41, 5.74) is -0.157. The molecule has 25 heavy (non-hydrogen) atoms. The predicted octanol–water partition coefficient (Wildman–Crippen LogP) is 3.10. The molecule has 0 spiro atoms. The molecule has 0 bridgehead atoms. The van der Waals surface area contributed by atoms with Crippen LogP contribution in [0.15, 0.2) is 22.8 Å². The zero-order valence-corrected chi connectivity index (χ0v) is 15.5. The molecule has 0 aliphatic rings. The molecule has 2 heterocycles. The van der Waals surface area contributed by atoms with Gasteiger partial charge in [0, 0.05) is 17.9 Å². The second-order valence-corrected chi connectivity index (χ2v) is 7.72. The molecule has 0 radical (unpaired) electrons. The topological polar surface area (TPSA) is 102 Å². The summed E-state index contributed by atoms with van der Waals surface area (Å²) >= 11 is 1.32. The fourth-order valence-corrected chi connectivity index (χ4v) is 2.96. The van der Waals surface area contributed by atoms with Crippen LogP contribution in [0.5, 0.6) is 0 Å². The number of aliphatic carboxylic acids is 1. The summed E-state index contributed by atoms with van der Waals surface area (Å²) in [4.78, 5) is 28.8. The number of furan rings is 1. The Morgan fingerprint density at radius 2 is 2.16 bits per heavy atom. The van der Waals surface area contributed by atoms with Gasteiger partial charge >= 0.3 is 5.97 Å². The third-order valence-electron chi connectivity index (χ3n) is 3.29. The van der Waals surface area contributed by atoms with Crippen molar-refractivity contribution in [1.82, 2.24) is 10.3 Å². The molecular formula is C17H22N2O5S. The Bertz CT molecular complexity index is 731. The number of rotatable bonds is 7. The van der Waals surface area contributed by atoms with E-state index in [0.29, 0.717) is 15.6 Å². The van der Waals surface area contributed by atoms with Gasteiger partial charge in [0.1, 0.15) is 11.7 Å². The first-order valence-electron chi connectivity index (χ1n) is 7.86. The van der Waals surface area contributed by atoms with Crippen LogP contribution < -0.4 is 5.32 Å². The highest BCUT2D eigenvalue weighted by Crippen LogP contribution is 2.27. The molecule has 0 aliphatic heterocycles. The van der Waals surface area contributed by atoms with Crippen molar-refractivity contribution in [3.8, 4) is 10.8 Å². The number of hydrogen-bond donors (Lipinski definition) is 2. The second kappa shape index (κ2) is 7.79. The van der Waals surface area contributed by atoms with Gasteiger partial charge in [0.25, 0.3) is 5.91 Å². The minimum atomic E-state index is -1.11. The van der Waals surface area contributed by atoms with E-state index >= 15 is 0 Å². The lowest BCUT2D eigenvalue weighted by Gasteiger charge is -2.21. The summed E-state index contributed by atoms with van der Waals surface area (Å²) in [7, 11) is 0. The predicted molar refractivity (Wildman–Crippen MR) is 93.8 cm³/mol. The Labute approximate surface area is 150 Å². The van der Waals surface area contributed by atoms with E-state index < -0.39 is 17.9 Å². The normalized spacial score (nSPS) is 12.8. The van der Waals surface area contributed by atoms with Crippen molar-refractivity contribution >= 4 is 23.2 Å². The summed E-state index contributed by atoms with van der Waals surface area (Å²) in [5.74, 6) is -1.06. The molecule has 8 heteroatoms. The fraction of sp³-hybridized carbons (Fsp3) is 0.471. The first-order valence-corrected chi connectivity index (χ1v) is 8.68. The smallest absolute Gasteiger partial charge is 0.326 e. The molecule has 1 amide bonds. The lowest BCUT2D eigenvalue weighted by Crippen LogP contribution is -2.42. The second-order valence-electron chi connectivity index (χ2n) is 6.51. The fourth-order valence-electron chi connectivity index (χ4n) is 2.08. The lowest BCUT2D eigenvalue weighted by molar-refractivity contribution is -0.140. The molecule has 2 aromatic rings. The Morgan fingerprint density at radius 3 is 2.72 bits per heavy atom. The van der Waals surface area contributed by atoms with Crippen LogP contribution in [0.3, 0.4) is 0 Å². The summed E-state index contributed by atoms with van der Waals surface area (Å²) in [6.07, 6.45) is 1.70. The van der Waals surface area contributed by atoms with E-state index in [1.54, 1.807) is 19.1 Å². The summed E-state index contributed by atoms with van der Waals surface area (Å²) in [5, 5.41) is 12.4. The molecule has 7 nitrogen and oxygen atoms in total. The molecule has 0 aromatic carbocycles. The van der Waals surface area contributed by atoms with Gasteiger partial charge in [0.05, 0.1) is 11.9 Å². The van der Waals surface area contributed by atoms with E-state index in [2.05, 4.69) is 10.3 Å². The van der Waals surface area contributed by atoms with E-state index in [-0.39, 0.29) is 24.3 Å². The summed E-state index contributed by atoms with van der Waals surface area (Å²) < 4.78 is 10.8. The van der Waals surface area contributed by atoms with Gasteiger partial charge in [-0.3, -0.25) is 4.79 Å². The van der Waals surface area contributed by atoms with Gasteiger partial charge in [-0.25, -0.2) is 9.78 Å². The standard InChI is InChI=1S/C17H22N2O5S/c1-10-13(19-15(25-10)12-6-5-8-23-12)14(20)18-11(16(21)22)7-9-24-17(2,3)4/h5-6,8,11H,7,9H2,1-4H3,(H,18,20)(H,21,22). The number of aryl methyl sites for hydroxylation is 1. The van der Waals surface area contributed by atoms with Crippen LogP contribution >= 0.6 is 11.3 Å². The number of carboxylic acids is 1. The highest BCUT2D eigenvalue weighted by Gasteiger charge is 2.25. The minimum absolute atomic E-state index is 0.173. The van der Waals surface area contributed by atoms with Gasteiger partial charge in [-0.1, -0.05) is 0 Å². The number of hydrogen-bond acceptors (Lipinski definition) is 6. The van der Waals surface area contributed by atoms with Crippen LogP contribution in [-0.2, 0) is 9.53 Å². The maximum absolute atomic E-state index is 12.4. The molecule has 2 N–H and O–H groups in total. The third-order valence-corrected chi connectivity index (χ3v) is 4.27. The van der Waals surface area contributed by atoms with E-state index in [0.717, 1.165) is 0 Å². The van der Waals surface area contributed by atoms with Crippen LogP contribution in [-0.4, -0.2) is 40.2 Å². The first-order chi connectivity index (χ1) is 11.7. The monoisotopic (exact) mass is 366 g/mol.